The Hall–Kier alpha value is -3.61. The lowest BCUT2D eigenvalue weighted by Crippen LogP contribution is -2.14. The van der Waals surface area contributed by atoms with E-state index in [1.807, 2.05) is 48.5 Å². The quantitative estimate of drug-likeness (QED) is 0.172. The van der Waals surface area contributed by atoms with Crippen LogP contribution in [-0.4, -0.2) is 5.91 Å². The summed E-state index contributed by atoms with van der Waals surface area (Å²) >= 11 is 6.88. The van der Waals surface area contributed by atoms with E-state index in [-0.39, 0.29) is 17.9 Å². The molecule has 0 unspecified atom stereocenters. The number of hydrogen-bond donors (Lipinski definition) is 1. The molecule has 0 aliphatic carbocycles. The van der Waals surface area contributed by atoms with Crippen molar-refractivity contribution in [2.45, 2.75) is 12.8 Å². The van der Waals surface area contributed by atoms with E-state index in [0.29, 0.717) is 20.3 Å². The molecular weight excluding hydrogens is 613 g/mol. The average molecular weight is 630 g/mol. The summed E-state index contributed by atoms with van der Waals surface area (Å²) in [7, 11) is 0. The molecule has 4 aromatic rings. The summed E-state index contributed by atoms with van der Waals surface area (Å²) in [5.41, 5.74) is 0.0805. The van der Waals surface area contributed by atoms with Gasteiger partial charge in [-0.25, -0.2) is 0 Å². The molecular formula is C28H17Br2F3N2O2. The van der Waals surface area contributed by atoms with Crippen molar-refractivity contribution >= 4 is 60.3 Å². The maximum atomic E-state index is 13.0. The summed E-state index contributed by atoms with van der Waals surface area (Å²) in [6.07, 6.45) is -3.23. The van der Waals surface area contributed by atoms with Gasteiger partial charge in [-0.15, -0.1) is 0 Å². The zero-order chi connectivity index (χ0) is 26.6. The fourth-order valence-electron chi connectivity index (χ4n) is 3.68. The van der Waals surface area contributed by atoms with Gasteiger partial charge in [-0.3, -0.25) is 4.79 Å². The van der Waals surface area contributed by atoms with Crippen molar-refractivity contribution in [1.82, 2.24) is 0 Å². The van der Waals surface area contributed by atoms with E-state index >= 15 is 0 Å². The van der Waals surface area contributed by atoms with Gasteiger partial charge in [0.15, 0.2) is 0 Å². The molecule has 0 atom stereocenters. The van der Waals surface area contributed by atoms with Crippen molar-refractivity contribution in [3.63, 3.8) is 0 Å². The molecule has 0 spiro atoms. The monoisotopic (exact) mass is 628 g/mol. The molecule has 0 radical (unpaired) electrons. The minimum Gasteiger partial charge on any atom is -0.487 e. The number of nitriles is 1. The summed E-state index contributed by atoms with van der Waals surface area (Å²) < 4.78 is 46.4. The lowest BCUT2D eigenvalue weighted by atomic mass is 10.1. The van der Waals surface area contributed by atoms with Gasteiger partial charge in [0, 0.05) is 15.7 Å². The Morgan fingerprint density at radius 1 is 1.00 bits per heavy atom. The molecule has 0 aliphatic rings. The second kappa shape index (κ2) is 11.2. The number of rotatable bonds is 6. The number of hydrogen-bond acceptors (Lipinski definition) is 3. The maximum absolute atomic E-state index is 13.0. The van der Waals surface area contributed by atoms with Crippen LogP contribution in [0.1, 0.15) is 16.7 Å². The van der Waals surface area contributed by atoms with Gasteiger partial charge >= 0.3 is 6.18 Å². The van der Waals surface area contributed by atoms with Crippen LogP contribution in [0, 0.1) is 11.3 Å². The van der Waals surface area contributed by atoms with Crippen LogP contribution in [-0.2, 0) is 17.6 Å². The van der Waals surface area contributed by atoms with Gasteiger partial charge in [-0.05, 0) is 68.7 Å². The van der Waals surface area contributed by atoms with E-state index in [9.17, 15) is 23.2 Å². The number of benzene rings is 4. The predicted molar refractivity (Wildman–Crippen MR) is 144 cm³/mol. The highest BCUT2D eigenvalue weighted by Crippen LogP contribution is 2.36. The minimum absolute atomic E-state index is 0.0798. The molecule has 186 valence electrons. The van der Waals surface area contributed by atoms with Crippen LogP contribution in [0.2, 0.25) is 0 Å². The summed E-state index contributed by atoms with van der Waals surface area (Å²) in [6.45, 7) is 0.223. The fraction of sp³-hybridized carbons (Fsp3) is 0.0714. The highest BCUT2D eigenvalue weighted by molar-refractivity contribution is 9.11. The smallest absolute Gasteiger partial charge is 0.416 e. The molecule has 9 heteroatoms. The number of carbonyl (C=O) groups excluding carboxylic acids is 1. The standard InChI is InChI=1S/C28H17Br2F3N2O2/c29-22-12-19(11-20(15-34)27(36)35-23-9-4-8-21(13-23)28(31,32)33)26(25(30)14-22)37-16-18-7-3-6-17-5-1-2-10-24(17)18/h1-14H,16H2,(H,35,36)/b20-11+. The van der Waals surface area contributed by atoms with Gasteiger partial charge in [0.2, 0.25) is 0 Å². The zero-order valence-electron chi connectivity index (χ0n) is 18.9. The van der Waals surface area contributed by atoms with E-state index in [4.69, 9.17) is 4.74 Å². The Balaban J connectivity index is 1.63. The Kier molecular flexibility index (Phi) is 8.00. The first kappa shape index (κ1) is 26.5. The number of anilines is 1. The van der Waals surface area contributed by atoms with Gasteiger partial charge in [-0.2, -0.15) is 18.4 Å². The number of amides is 1. The molecule has 37 heavy (non-hydrogen) atoms. The van der Waals surface area contributed by atoms with Gasteiger partial charge in [0.25, 0.3) is 5.91 Å². The number of fused-ring (bicyclic) bond motifs is 1. The van der Waals surface area contributed by atoms with E-state index in [2.05, 4.69) is 37.2 Å². The molecule has 4 nitrogen and oxygen atoms in total. The minimum atomic E-state index is -4.56. The highest BCUT2D eigenvalue weighted by atomic mass is 79.9. The zero-order valence-corrected chi connectivity index (χ0v) is 22.1. The van der Waals surface area contributed by atoms with Gasteiger partial charge in [0.1, 0.15) is 24.0 Å². The SMILES string of the molecule is N#C/C(=C\c1cc(Br)cc(Br)c1OCc1cccc2ccccc12)C(=O)Nc1cccc(C(F)(F)F)c1. The number of ether oxygens (including phenoxy) is 1. The van der Waals surface area contributed by atoms with Crippen molar-refractivity contribution in [1.29, 1.82) is 5.26 Å². The molecule has 0 saturated carbocycles. The Bertz CT molecular complexity index is 1550. The summed E-state index contributed by atoms with van der Waals surface area (Å²) in [4.78, 5) is 12.8. The molecule has 0 saturated heterocycles. The van der Waals surface area contributed by atoms with E-state index < -0.39 is 17.6 Å². The van der Waals surface area contributed by atoms with E-state index in [0.717, 1.165) is 28.5 Å². The molecule has 4 aromatic carbocycles. The molecule has 0 heterocycles. The lowest BCUT2D eigenvalue weighted by molar-refractivity contribution is -0.137. The van der Waals surface area contributed by atoms with Crippen LogP contribution in [0.25, 0.3) is 16.8 Å². The fourth-order valence-corrected chi connectivity index (χ4v) is 5.06. The van der Waals surface area contributed by atoms with Crippen LogP contribution in [0.4, 0.5) is 18.9 Å². The summed E-state index contributed by atoms with van der Waals surface area (Å²) in [5, 5.41) is 14.1. The van der Waals surface area contributed by atoms with Crippen molar-refractivity contribution in [3.05, 3.63) is 110 Å². The molecule has 1 N–H and O–H groups in total. The third-order valence-electron chi connectivity index (χ3n) is 5.40. The maximum Gasteiger partial charge on any atom is 0.416 e. The Morgan fingerprint density at radius 2 is 1.73 bits per heavy atom. The molecule has 0 fully saturated rings. The number of halogens is 5. The Labute approximate surface area is 227 Å². The molecule has 1 amide bonds. The van der Waals surface area contributed by atoms with Gasteiger partial charge in [0.05, 0.1) is 10.0 Å². The number of carbonyl (C=O) groups is 1. The number of nitrogens with one attached hydrogen (secondary N) is 1. The van der Waals surface area contributed by atoms with Crippen LogP contribution >= 0.6 is 31.9 Å². The molecule has 0 aromatic heterocycles. The van der Waals surface area contributed by atoms with Crippen molar-refractivity contribution in [2.75, 3.05) is 5.32 Å². The van der Waals surface area contributed by atoms with Crippen LogP contribution in [0.15, 0.2) is 93.4 Å². The van der Waals surface area contributed by atoms with Gasteiger partial charge in [-0.1, -0.05) is 64.5 Å². The number of alkyl halides is 3. The Morgan fingerprint density at radius 3 is 2.49 bits per heavy atom. The van der Waals surface area contributed by atoms with Crippen LogP contribution < -0.4 is 10.1 Å². The van der Waals surface area contributed by atoms with Gasteiger partial charge < -0.3 is 10.1 Å². The largest absolute Gasteiger partial charge is 0.487 e. The summed E-state index contributed by atoms with van der Waals surface area (Å²) in [6, 6.07) is 23.3. The normalized spacial score (nSPS) is 11.7. The van der Waals surface area contributed by atoms with E-state index in [1.54, 1.807) is 12.1 Å². The second-order valence-corrected chi connectivity index (χ2v) is 9.71. The number of nitrogens with zero attached hydrogens (tertiary/aromatic N) is 1. The highest BCUT2D eigenvalue weighted by Gasteiger charge is 2.30. The summed E-state index contributed by atoms with van der Waals surface area (Å²) in [5.74, 6) is -0.450. The molecule has 4 rings (SSSR count). The van der Waals surface area contributed by atoms with Crippen molar-refractivity contribution in [3.8, 4) is 11.8 Å². The van der Waals surface area contributed by atoms with Crippen molar-refractivity contribution < 1.29 is 22.7 Å². The first-order chi connectivity index (χ1) is 17.7. The first-order valence-corrected chi connectivity index (χ1v) is 12.4. The van der Waals surface area contributed by atoms with E-state index in [1.165, 1.54) is 18.2 Å². The lowest BCUT2D eigenvalue weighted by Gasteiger charge is -2.14. The second-order valence-electron chi connectivity index (χ2n) is 7.94. The third kappa shape index (κ3) is 6.40. The third-order valence-corrected chi connectivity index (χ3v) is 6.45. The topological polar surface area (TPSA) is 62.1 Å². The molecule has 0 aliphatic heterocycles. The first-order valence-electron chi connectivity index (χ1n) is 10.8. The molecule has 0 bridgehead atoms. The van der Waals surface area contributed by atoms with Crippen LogP contribution in [0.3, 0.4) is 0 Å². The van der Waals surface area contributed by atoms with Crippen molar-refractivity contribution in [2.24, 2.45) is 0 Å². The predicted octanol–water partition coefficient (Wildman–Crippen LogP) is 8.51. The average Bonchev–Trinajstić information content (AvgIpc) is 2.86. The van der Waals surface area contributed by atoms with Crippen LogP contribution in [0.5, 0.6) is 5.75 Å².